The van der Waals surface area contributed by atoms with E-state index in [-0.39, 0.29) is 0 Å². The Morgan fingerprint density at radius 2 is 2.14 bits per heavy atom. The quantitative estimate of drug-likeness (QED) is 0.621. The molecule has 0 aliphatic carbocycles. The maximum atomic E-state index is 5.46. The third-order valence-corrected chi connectivity index (χ3v) is 3.44. The zero-order chi connectivity index (χ0) is 14.7. The third-order valence-electron chi connectivity index (χ3n) is 3.44. The number of hydrogen-bond acceptors (Lipinski definition) is 8. The second kappa shape index (κ2) is 5.96. The Hall–Kier alpha value is -2.35. The van der Waals surface area contributed by atoms with E-state index in [1.54, 1.807) is 6.26 Å². The molecule has 2 aromatic heterocycles. The van der Waals surface area contributed by atoms with Crippen molar-refractivity contribution in [1.82, 2.24) is 15.0 Å². The molecule has 0 saturated carbocycles. The normalized spacial score (nSPS) is 14.5. The van der Waals surface area contributed by atoms with Crippen LogP contribution in [-0.2, 0) is 6.54 Å². The van der Waals surface area contributed by atoms with Gasteiger partial charge in [0.15, 0.2) is 0 Å². The van der Waals surface area contributed by atoms with E-state index >= 15 is 0 Å². The number of nitrogens with one attached hydrogen (secondary N) is 1. The molecular weight excluding hydrogens is 270 g/mol. The van der Waals surface area contributed by atoms with Gasteiger partial charge in [0.25, 0.3) is 0 Å². The summed E-state index contributed by atoms with van der Waals surface area (Å²) in [4.78, 5) is 17.2. The Morgan fingerprint density at radius 1 is 1.33 bits per heavy atom. The Morgan fingerprint density at radius 3 is 2.81 bits per heavy atom. The van der Waals surface area contributed by atoms with E-state index in [9.17, 15) is 0 Å². The SMILES string of the molecule is CN(Cc1ccco1)c1nc(NN)nc(N2CCCC2)n1. The largest absolute Gasteiger partial charge is 0.467 e. The second-order valence-corrected chi connectivity index (χ2v) is 5.03. The molecule has 3 rings (SSSR count). The molecule has 8 heteroatoms. The lowest BCUT2D eigenvalue weighted by Crippen LogP contribution is -2.26. The molecule has 0 spiro atoms. The van der Waals surface area contributed by atoms with Gasteiger partial charge in [0.2, 0.25) is 17.8 Å². The number of nitrogen functional groups attached to an aromatic ring is 1. The highest BCUT2D eigenvalue weighted by Crippen LogP contribution is 2.20. The van der Waals surface area contributed by atoms with Crippen molar-refractivity contribution in [1.29, 1.82) is 0 Å². The molecule has 0 radical (unpaired) electrons. The van der Waals surface area contributed by atoms with Crippen molar-refractivity contribution in [3.63, 3.8) is 0 Å². The molecular formula is C13H19N7O. The van der Waals surface area contributed by atoms with Gasteiger partial charge < -0.3 is 14.2 Å². The molecule has 3 N–H and O–H groups in total. The van der Waals surface area contributed by atoms with Crippen LogP contribution in [0.15, 0.2) is 22.8 Å². The molecule has 0 unspecified atom stereocenters. The van der Waals surface area contributed by atoms with Gasteiger partial charge in [-0.3, -0.25) is 5.43 Å². The van der Waals surface area contributed by atoms with Crippen LogP contribution in [0.4, 0.5) is 17.8 Å². The van der Waals surface area contributed by atoms with Crippen LogP contribution in [0.5, 0.6) is 0 Å². The summed E-state index contributed by atoms with van der Waals surface area (Å²) in [6, 6.07) is 3.78. The van der Waals surface area contributed by atoms with Gasteiger partial charge in [0.1, 0.15) is 5.76 Å². The Bertz CT molecular complexity index is 580. The molecule has 2 aromatic rings. The fraction of sp³-hybridized carbons (Fsp3) is 0.462. The standard InChI is InChI=1S/C13H19N7O/c1-19(9-10-5-4-8-21-10)12-15-11(18-14)16-13(17-12)20-6-2-3-7-20/h4-5,8H,2-3,6-7,9,14H2,1H3,(H,15,16,17,18). The van der Waals surface area contributed by atoms with Crippen LogP contribution in [0.1, 0.15) is 18.6 Å². The number of hydrogen-bond donors (Lipinski definition) is 2. The van der Waals surface area contributed by atoms with Crippen molar-refractivity contribution in [2.45, 2.75) is 19.4 Å². The topological polar surface area (TPSA) is 96.3 Å². The molecule has 0 aromatic carbocycles. The lowest BCUT2D eigenvalue weighted by molar-refractivity contribution is 0.506. The summed E-state index contributed by atoms with van der Waals surface area (Å²) in [6.45, 7) is 2.52. The maximum absolute atomic E-state index is 5.46. The maximum Gasteiger partial charge on any atom is 0.243 e. The molecule has 1 saturated heterocycles. The van der Waals surface area contributed by atoms with Crippen LogP contribution in [0.2, 0.25) is 0 Å². The average Bonchev–Trinajstić information content (AvgIpc) is 3.20. The van der Waals surface area contributed by atoms with E-state index in [1.807, 2.05) is 24.1 Å². The average molecular weight is 289 g/mol. The zero-order valence-electron chi connectivity index (χ0n) is 12.0. The fourth-order valence-corrected chi connectivity index (χ4v) is 2.35. The van der Waals surface area contributed by atoms with Crippen molar-refractivity contribution in [3.8, 4) is 0 Å². The first-order chi connectivity index (χ1) is 10.3. The summed E-state index contributed by atoms with van der Waals surface area (Å²) in [7, 11) is 1.91. The molecule has 21 heavy (non-hydrogen) atoms. The van der Waals surface area contributed by atoms with Gasteiger partial charge in [-0.15, -0.1) is 0 Å². The lowest BCUT2D eigenvalue weighted by Gasteiger charge is -2.20. The minimum atomic E-state index is 0.369. The van der Waals surface area contributed by atoms with Gasteiger partial charge in [0, 0.05) is 20.1 Å². The Kier molecular flexibility index (Phi) is 3.87. The highest BCUT2D eigenvalue weighted by molar-refractivity contribution is 5.45. The first-order valence-corrected chi connectivity index (χ1v) is 6.97. The highest BCUT2D eigenvalue weighted by Gasteiger charge is 2.18. The van der Waals surface area contributed by atoms with Crippen molar-refractivity contribution in [2.75, 3.05) is 35.4 Å². The molecule has 112 valence electrons. The van der Waals surface area contributed by atoms with Gasteiger partial charge in [-0.2, -0.15) is 15.0 Å². The lowest BCUT2D eigenvalue weighted by atomic mass is 10.4. The number of rotatable bonds is 5. The molecule has 3 heterocycles. The molecule has 8 nitrogen and oxygen atoms in total. The van der Waals surface area contributed by atoms with E-state index < -0.39 is 0 Å². The second-order valence-electron chi connectivity index (χ2n) is 5.03. The van der Waals surface area contributed by atoms with Crippen molar-refractivity contribution < 1.29 is 4.42 Å². The Balaban J connectivity index is 1.84. The highest BCUT2D eigenvalue weighted by atomic mass is 16.3. The first kappa shape index (κ1) is 13.6. The van der Waals surface area contributed by atoms with Crippen molar-refractivity contribution >= 4 is 17.8 Å². The van der Waals surface area contributed by atoms with E-state index in [0.717, 1.165) is 31.7 Å². The summed E-state index contributed by atoms with van der Waals surface area (Å²) in [5, 5.41) is 0. The van der Waals surface area contributed by atoms with E-state index in [4.69, 9.17) is 10.3 Å². The minimum Gasteiger partial charge on any atom is -0.467 e. The summed E-state index contributed by atoms with van der Waals surface area (Å²) in [6.07, 6.45) is 3.97. The van der Waals surface area contributed by atoms with Crippen LogP contribution < -0.4 is 21.1 Å². The van der Waals surface area contributed by atoms with Crippen LogP contribution in [0.25, 0.3) is 0 Å². The third kappa shape index (κ3) is 3.05. The summed E-state index contributed by atoms with van der Waals surface area (Å²) in [5.74, 6) is 7.91. The molecule has 0 amide bonds. The first-order valence-electron chi connectivity index (χ1n) is 6.97. The summed E-state index contributed by atoms with van der Waals surface area (Å²) in [5.41, 5.74) is 2.51. The van der Waals surface area contributed by atoms with Gasteiger partial charge in [-0.05, 0) is 25.0 Å². The van der Waals surface area contributed by atoms with Crippen LogP contribution in [-0.4, -0.2) is 35.1 Å². The van der Waals surface area contributed by atoms with Gasteiger partial charge in [-0.25, -0.2) is 5.84 Å². The number of aromatic nitrogens is 3. The number of nitrogens with zero attached hydrogens (tertiary/aromatic N) is 5. The molecule has 1 aliphatic rings. The fourth-order valence-electron chi connectivity index (χ4n) is 2.35. The smallest absolute Gasteiger partial charge is 0.243 e. The predicted molar refractivity (Wildman–Crippen MR) is 79.9 cm³/mol. The Labute approximate surface area is 123 Å². The van der Waals surface area contributed by atoms with Crippen molar-refractivity contribution in [2.24, 2.45) is 5.84 Å². The summed E-state index contributed by atoms with van der Waals surface area (Å²) < 4.78 is 5.35. The van der Waals surface area contributed by atoms with Crippen LogP contribution in [0, 0.1) is 0 Å². The van der Waals surface area contributed by atoms with Crippen molar-refractivity contribution in [3.05, 3.63) is 24.2 Å². The van der Waals surface area contributed by atoms with Gasteiger partial charge in [-0.1, -0.05) is 0 Å². The van der Waals surface area contributed by atoms with Crippen LogP contribution >= 0.6 is 0 Å². The number of hydrazine groups is 1. The van der Waals surface area contributed by atoms with Gasteiger partial charge in [0.05, 0.1) is 12.8 Å². The molecule has 1 fully saturated rings. The number of anilines is 3. The van der Waals surface area contributed by atoms with E-state index in [1.165, 1.54) is 0 Å². The van der Waals surface area contributed by atoms with Gasteiger partial charge >= 0.3 is 0 Å². The predicted octanol–water partition coefficient (Wildman–Crippen LogP) is 0.987. The van der Waals surface area contributed by atoms with E-state index in [0.29, 0.717) is 24.4 Å². The van der Waals surface area contributed by atoms with Crippen LogP contribution in [0.3, 0.4) is 0 Å². The summed E-state index contributed by atoms with van der Waals surface area (Å²) >= 11 is 0. The minimum absolute atomic E-state index is 0.369. The van der Waals surface area contributed by atoms with E-state index in [2.05, 4.69) is 25.3 Å². The number of furan rings is 1. The zero-order valence-corrected chi connectivity index (χ0v) is 12.0. The molecule has 0 atom stereocenters. The molecule has 1 aliphatic heterocycles. The number of nitrogens with two attached hydrogens (primary N) is 1. The molecule has 0 bridgehead atoms. The monoisotopic (exact) mass is 289 g/mol.